The van der Waals surface area contributed by atoms with Gasteiger partial charge in [0.25, 0.3) is 0 Å². The third-order valence-electron chi connectivity index (χ3n) is 4.03. The number of aryl methyl sites for hydroxylation is 1. The summed E-state index contributed by atoms with van der Waals surface area (Å²) in [5.74, 6) is 0. The van der Waals surface area contributed by atoms with Crippen LogP contribution in [0.2, 0.25) is 0 Å². The Bertz CT molecular complexity index is 390. The molecule has 2 unspecified atom stereocenters. The van der Waals surface area contributed by atoms with Crippen LogP contribution in [0.5, 0.6) is 0 Å². The van der Waals surface area contributed by atoms with Crippen molar-refractivity contribution >= 4 is 11.3 Å². The van der Waals surface area contributed by atoms with E-state index >= 15 is 0 Å². The van der Waals surface area contributed by atoms with Gasteiger partial charge in [0, 0.05) is 23.5 Å². The first-order valence-corrected chi connectivity index (χ1v) is 8.17. The van der Waals surface area contributed by atoms with Crippen molar-refractivity contribution in [3.63, 3.8) is 0 Å². The zero-order valence-corrected chi connectivity index (χ0v) is 13.5. The van der Waals surface area contributed by atoms with Gasteiger partial charge in [-0.1, -0.05) is 6.92 Å². The normalized spacial score (nSPS) is 24.3. The van der Waals surface area contributed by atoms with E-state index < -0.39 is 0 Å². The van der Waals surface area contributed by atoms with E-state index in [-0.39, 0.29) is 0 Å². The van der Waals surface area contributed by atoms with E-state index in [4.69, 9.17) is 0 Å². The molecule has 1 aromatic rings. The Labute approximate surface area is 121 Å². The average Bonchev–Trinajstić information content (AvgIpc) is 2.72. The fraction of sp³-hybridized carbons (Fsp3) is 0.733. The Morgan fingerprint density at radius 1 is 1.42 bits per heavy atom. The molecule has 19 heavy (non-hydrogen) atoms. The van der Waals surface area contributed by atoms with Crippen molar-refractivity contribution in [3.05, 3.63) is 21.9 Å². The maximum Gasteiger partial charge on any atom is 0.0498 e. The number of thiophene rings is 1. The first-order valence-electron chi connectivity index (χ1n) is 7.29. The molecule has 1 saturated heterocycles. The van der Waals surface area contributed by atoms with Gasteiger partial charge in [0.15, 0.2) is 0 Å². The fourth-order valence-electron chi connectivity index (χ4n) is 2.99. The molecule has 1 aliphatic heterocycles. The third kappa shape index (κ3) is 3.78. The molecule has 3 nitrogen and oxygen atoms in total. The summed E-state index contributed by atoms with van der Waals surface area (Å²) in [7, 11) is 4.52. The molecule has 0 aliphatic carbocycles. The minimum atomic E-state index is 0.445. The maximum absolute atomic E-state index is 3.70. The molecule has 0 spiro atoms. The molecule has 1 N–H and O–H groups in total. The maximum atomic E-state index is 3.70. The van der Waals surface area contributed by atoms with Crippen molar-refractivity contribution < 1.29 is 0 Å². The number of hydrogen-bond acceptors (Lipinski definition) is 4. The van der Waals surface area contributed by atoms with Gasteiger partial charge < -0.3 is 15.1 Å². The molecule has 0 amide bonds. The van der Waals surface area contributed by atoms with Crippen LogP contribution in [0.1, 0.15) is 29.8 Å². The summed E-state index contributed by atoms with van der Waals surface area (Å²) < 4.78 is 0. The predicted molar refractivity (Wildman–Crippen MR) is 84.0 cm³/mol. The summed E-state index contributed by atoms with van der Waals surface area (Å²) in [6.07, 6.45) is 1.27. The number of rotatable bonds is 4. The molecule has 108 valence electrons. The molecule has 0 bridgehead atoms. The van der Waals surface area contributed by atoms with Crippen molar-refractivity contribution in [1.82, 2.24) is 15.1 Å². The second kappa shape index (κ2) is 6.84. The molecular weight excluding hydrogens is 254 g/mol. The van der Waals surface area contributed by atoms with Gasteiger partial charge in [-0.05, 0) is 64.1 Å². The van der Waals surface area contributed by atoms with Gasteiger partial charge >= 0.3 is 0 Å². The van der Waals surface area contributed by atoms with Gasteiger partial charge in [-0.25, -0.2) is 0 Å². The Hall–Kier alpha value is -0.420. The van der Waals surface area contributed by atoms with Crippen LogP contribution in [0.25, 0.3) is 0 Å². The second-order valence-corrected chi connectivity index (χ2v) is 6.81. The topological polar surface area (TPSA) is 18.5 Å². The molecule has 1 fully saturated rings. The van der Waals surface area contributed by atoms with Gasteiger partial charge in [0.1, 0.15) is 0 Å². The molecule has 0 radical (unpaired) electrons. The Morgan fingerprint density at radius 2 is 2.21 bits per heavy atom. The van der Waals surface area contributed by atoms with E-state index in [2.05, 4.69) is 54.5 Å². The van der Waals surface area contributed by atoms with E-state index in [1.165, 1.54) is 30.0 Å². The van der Waals surface area contributed by atoms with Crippen LogP contribution < -0.4 is 5.32 Å². The molecule has 4 heteroatoms. The highest BCUT2D eigenvalue weighted by Gasteiger charge is 2.29. The summed E-state index contributed by atoms with van der Waals surface area (Å²) in [5, 5.41) is 6.02. The number of likely N-dealkylation sites (N-methyl/N-ethyl adjacent to an activating group) is 3. The van der Waals surface area contributed by atoms with Crippen molar-refractivity contribution in [2.24, 2.45) is 0 Å². The van der Waals surface area contributed by atoms with Gasteiger partial charge in [-0.15, -0.1) is 11.3 Å². The van der Waals surface area contributed by atoms with Crippen LogP contribution in [0.3, 0.4) is 0 Å². The molecular formula is C15H27N3S. The van der Waals surface area contributed by atoms with Crippen molar-refractivity contribution in [2.45, 2.75) is 32.4 Å². The zero-order chi connectivity index (χ0) is 13.8. The van der Waals surface area contributed by atoms with E-state index in [1.807, 2.05) is 11.3 Å². The standard InChI is InChI=1S/C15H27N3S/c1-5-16-15(13-9-12(2)19-11-13)14-10-17(3)7-6-8-18(14)4/h9,11,14-16H,5-8,10H2,1-4H3. The van der Waals surface area contributed by atoms with Crippen LogP contribution in [0, 0.1) is 6.92 Å². The summed E-state index contributed by atoms with van der Waals surface area (Å²) in [5.41, 5.74) is 1.46. The minimum Gasteiger partial charge on any atom is -0.309 e. The molecule has 0 aromatic carbocycles. The third-order valence-corrected chi connectivity index (χ3v) is 4.91. The Kier molecular flexibility index (Phi) is 5.39. The SMILES string of the molecule is CCNC(c1csc(C)c1)C1CN(C)CCCN1C. The number of nitrogens with one attached hydrogen (secondary N) is 1. The first kappa shape index (κ1) is 15.0. The summed E-state index contributed by atoms with van der Waals surface area (Å²) >= 11 is 1.86. The van der Waals surface area contributed by atoms with E-state index in [0.717, 1.165) is 13.1 Å². The number of nitrogens with zero attached hydrogens (tertiary/aromatic N) is 2. The lowest BCUT2D eigenvalue weighted by Crippen LogP contribution is -2.46. The van der Waals surface area contributed by atoms with Crippen LogP contribution in [-0.2, 0) is 0 Å². The van der Waals surface area contributed by atoms with Crippen LogP contribution in [0.15, 0.2) is 11.4 Å². The van der Waals surface area contributed by atoms with E-state index in [1.54, 1.807) is 0 Å². The average molecular weight is 281 g/mol. The van der Waals surface area contributed by atoms with Crippen LogP contribution in [0.4, 0.5) is 0 Å². The van der Waals surface area contributed by atoms with Gasteiger partial charge in [-0.2, -0.15) is 0 Å². The van der Waals surface area contributed by atoms with Crippen molar-refractivity contribution in [3.8, 4) is 0 Å². The van der Waals surface area contributed by atoms with E-state index in [0.29, 0.717) is 12.1 Å². The molecule has 2 rings (SSSR count). The molecule has 2 atom stereocenters. The zero-order valence-electron chi connectivity index (χ0n) is 12.6. The summed E-state index contributed by atoms with van der Waals surface area (Å²) in [4.78, 5) is 6.41. The van der Waals surface area contributed by atoms with Gasteiger partial charge in [0.2, 0.25) is 0 Å². The smallest absolute Gasteiger partial charge is 0.0498 e. The Balaban J connectivity index is 2.20. The molecule has 0 saturated carbocycles. The Morgan fingerprint density at radius 3 is 2.84 bits per heavy atom. The van der Waals surface area contributed by atoms with Crippen molar-refractivity contribution in [2.75, 3.05) is 40.3 Å². The molecule has 2 heterocycles. The number of hydrogen-bond donors (Lipinski definition) is 1. The quantitative estimate of drug-likeness (QED) is 0.914. The first-order chi connectivity index (χ1) is 9.11. The highest BCUT2D eigenvalue weighted by molar-refractivity contribution is 7.10. The predicted octanol–water partition coefficient (Wildman–Crippen LogP) is 2.34. The lowest BCUT2D eigenvalue weighted by atomic mass is 10.00. The fourth-order valence-corrected chi connectivity index (χ4v) is 3.73. The highest BCUT2D eigenvalue weighted by Crippen LogP contribution is 2.26. The van der Waals surface area contributed by atoms with Gasteiger partial charge in [0.05, 0.1) is 0 Å². The molecule has 1 aliphatic rings. The lowest BCUT2D eigenvalue weighted by molar-refractivity contribution is 0.179. The van der Waals surface area contributed by atoms with Crippen LogP contribution in [-0.4, -0.2) is 56.1 Å². The summed E-state index contributed by atoms with van der Waals surface area (Å²) in [6, 6.07) is 3.35. The largest absolute Gasteiger partial charge is 0.309 e. The van der Waals surface area contributed by atoms with Crippen LogP contribution >= 0.6 is 11.3 Å². The second-order valence-electron chi connectivity index (χ2n) is 5.69. The summed E-state index contributed by atoms with van der Waals surface area (Å²) in [6.45, 7) is 8.96. The van der Waals surface area contributed by atoms with Crippen molar-refractivity contribution in [1.29, 1.82) is 0 Å². The highest BCUT2D eigenvalue weighted by atomic mass is 32.1. The monoisotopic (exact) mass is 281 g/mol. The minimum absolute atomic E-state index is 0.445. The lowest BCUT2D eigenvalue weighted by Gasteiger charge is -2.34. The van der Waals surface area contributed by atoms with E-state index in [9.17, 15) is 0 Å². The molecule has 1 aromatic heterocycles. The van der Waals surface area contributed by atoms with Gasteiger partial charge in [-0.3, -0.25) is 0 Å².